The zero-order chi connectivity index (χ0) is 14.3. The zero-order valence-electron chi connectivity index (χ0n) is 12.8. The molecule has 3 rings (SSSR count). The average molecular weight is 278 g/mol. The number of rotatable bonds is 2. The summed E-state index contributed by atoms with van der Waals surface area (Å²) in [5.41, 5.74) is -0.404. The molecule has 1 saturated carbocycles. The SMILES string of the molecule is CC(C)(C)OC(=O)N1CCC(NC2CC3CC=CC32)C1. The lowest BCUT2D eigenvalue weighted by atomic mass is 9.71. The summed E-state index contributed by atoms with van der Waals surface area (Å²) < 4.78 is 5.43. The first-order valence-electron chi connectivity index (χ1n) is 7.83. The van der Waals surface area contributed by atoms with Crippen LogP contribution in [0.25, 0.3) is 0 Å². The van der Waals surface area contributed by atoms with E-state index in [1.54, 1.807) is 0 Å². The first-order chi connectivity index (χ1) is 9.42. The van der Waals surface area contributed by atoms with Crippen LogP contribution in [0.1, 0.15) is 40.0 Å². The highest BCUT2D eigenvalue weighted by atomic mass is 16.6. The minimum Gasteiger partial charge on any atom is -0.444 e. The summed E-state index contributed by atoms with van der Waals surface area (Å²) in [5.74, 6) is 1.63. The molecule has 2 aliphatic carbocycles. The van der Waals surface area contributed by atoms with E-state index in [4.69, 9.17) is 4.74 Å². The Labute approximate surface area is 121 Å². The van der Waals surface area contributed by atoms with E-state index in [9.17, 15) is 4.79 Å². The first-order valence-corrected chi connectivity index (χ1v) is 7.83. The highest BCUT2D eigenvalue weighted by Gasteiger charge is 2.42. The maximum Gasteiger partial charge on any atom is 0.410 e. The van der Waals surface area contributed by atoms with E-state index >= 15 is 0 Å². The van der Waals surface area contributed by atoms with Crippen LogP contribution in [0, 0.1) is 11.8 Å². The summed E-state index contributed by atoms with van der Waals surface area (Å²) in [4.78, 5) is 13.9. The Bertz CT molecular complexity index is 413. The molecule has 1 N–H and O–H groups in total. The number of ether oxygens (including phenoxy) is 1. The Morgan fingerprint density at radius 1 is 1.40 bits per heavy atom. The van der Waals surface area contributed by atoms with Gasteiger partial charge in [-0.15, -0.1) is 0 Å². The van der Waals surface area contributed by atoms with Crippen LogP contribution in [0.2, 0.25) is 0 Å². The number of carbonyl (C=O) groups is 1. The van der Waals surface area contributed by atoms with Crippen LogP contribution in [0.3, 0.4) is 0 Å². The molecule has 20 heavy (non-hydrogen) atoms. The van der Waals surface area contributed by atoms with Gasteiger partial charge in [0.05, 0.1) is 0 Å². The van der Waals surface area contributed by atoms with Gasteiger partial charge in [-0.2, -0.15) is 0 Å². The van der Waals surface area contributed by atoms with Crippen molar-refractivity contribution in [2.24, 2.45) is 11.8 Å². The third-order valence-corrected chi connectivity index (χ3v) is 4.65. The minimum absolute atomic E-state index is 0.172. The van der Waals surface area contributed by atoms with E-state index < -0.39 is 5.60 Å². The van der Waals surface area contributed by atoms with Crippen molar-refractivity contribution in [1.29, 1.82) is 0 Å². The number of allylic oxidation sites excluding steroid dienone is 1. The maximum atomic E-state index is 12.0. The third-order valence-electron chi connectivity index (χ3n) is 4.65. The van der Waals surface area contributed by atoms with Gasteiger partial charge in [0, 0.05) is 25.2 Å². The Balaban J connectivity index is 1.45. The molecule has 0 bridgehead atoms. The standard InChI is InChI=1S/C16H26N2O2/c1-16(2,3)20-15(19)18-8-7-12(10-18)17-14-9-11-5-4-6-13(11)14/h4,6,11-14,17H,5,7-10H2,1-3H3. The Kier molecular flexibility index (Phi) is 3.53. The number of nitrogens with one attached hydrogen (secondary N) is 1. The Morgan fingerprint density at radius 2 is 2.20 bits per heavy atom. The Hall–Kier alpha value is -1.03. The van der Waals surface area contributed by atoms with Crippen molar-refractivity contribution in [3.8, 4) is 0 Å². The molecule has 0 aromatic heterocycles. The smallest absolute Gasteiger partial charge is 0.410 e. The number of fused-ring (bicyclic) bond motifs is 1. The molecule has 4 unspecified atom stereocenters. The van der Waals surface area contributed by atoms with Crippen molar-refractivity contribution in [2.45, 2.75) is 57.7 Å². The largest absolute Gasteiger partial charge is 0.444 e. The van der Waals surface area contributed by atoms with Crippen LogP contribution < -0.4 is 5.32 Å². The van der Waals surface area contributed by atoms with Gasteiger partial charge in [0.25, 0.3) is 0 Å². The van der Waals surface area contributed by atoms with E-state index in [-0.39, 0.29) is 6.09 Å². The summed E-state index contributed by atoms with van der Waals surface area (Å²) in [6, 6.07) is 1.06. The second kappa shape index (κ2) is 5.06. The molecule has 1 heterocycles. The van der Waals surface area contributed by atoms with Crippen LogP contribution in [-0.4, -0.2) is 41.8 Å². The lowest BCUT2D eigenvalue weighted by Gasteiger charge is -2.42. The van der Waals surface area contributed by atoms with Gasteiger partial charge in [0.2, 0.25) is 0 Å². The molecule has 4 atom stereocenters. The van der Waals surface area contributed by atoms with E-state index in [0.717, 1.165) is 31.3 Å². The lowest BCUT2D eigenvalue weighted by Crippen LogP contribution is -2.52. The summed E-state index contributed by atoms with van der Waals surface area (Å²) in [6.07, 6.45) is 8.11. The second-order valence-electron chi connectivity index (χ2n) is 7.42. The average Bonchev–Trinajstić information content (AvgIpc) is 2.90. The summed E-state index contributed by atoms with van der Waals surface area (Å²) >= 11 is 0. The minimum atomic E-state index is -0.404. The van der Waals surface area contributed by atoms with Crippen LogP contribution >= 0.6 is 0 Å². The number of hydrogen-bond acceptors (Lipinski definition) is 3. The molecule has 1 saturated heterocycles. The van der Waals surface area contributed by atoms with Gasteiger partial charge < -0.3 is 15.0 Å². The van der Waals surface area contributed by atoms with Crippen LogP contribution in [0.15, 0.2) is 12.2 Å². The molecule has 1 amide bonds. The van der Waals surface area contributed by atoms with Crippen molar-refractivity contribution >= 4 is 6.09 Å². The summed E-state index contributed by atoms with van der Waals surface area (Å²) in [6.45, 7) is 7.34. The highest BCUT2D eigenvalue weighted by molar-refractivity contribution is 5.68. The monoisotopic (exact) mass is 278 g/mol. The quantitative estimate of drug-likeness (QED) is 0.789. The van der Waals surface area contributed by atoms with Gasteiger partial charge in [0.15, 0.2) is 0 Å². The predicted molar refractivity (Wildman–Crippen MR) is 78.5 cm³/mol. The predicted octanol–water partition coefficient (Wildman–Crippen LogP) is 2.55. The van der Waals surface area contributed by atoms with Gasteiger partial charge in [-0.25, -0.2) is 4.79 Å². The Morgan fingerprint density at radius 3 is 2.90 bits per heavy atom. The van der Waals surface area contributed by atoms with Crippen molar-refractivity contribution < 1.29 is 9.53 Å². The maximum absolute atomic E-state index is 12.0. The highest BCUT2D eigenvalue weighted by Crippen LogP contribution is 2.43. The van der Waals surface area contributed by atoms with Gasteiger partial charge in [-0.05, 0) is 51.9 Å². The van der Waals surface area contributed by atoms with E-state index in [1.165, 1.54) is 12.8 Å². The molecule has 112 valence electrons. The van der Waals surface area contributed by atoms with Gasteiger partial charge >= 0.3 is 6.09 Å². The van der Waals surface area contributed by atoms with Crippen LogP contribution in [-0.2, 0) is 4.74 Å². The van der Waals surface area contributed by atoms with Gasteiger partial charge in [-0.1, -0.05) is 12.2 Å². The number of hydrogen-bond donors (Lipinski definition) is 1. The second-order valence-corrected chi connectivity index (χ2v) is 7.42. The molecular formula is C16H26N2O2. The van der Waals surface area contributed by atoms with E-state index in [2.05, 4.69) is 17.5 Å². The zero-order valence-corrected chi connectivity index (χ0v) is 12.8. The first kappa shape index (κ1) is 13.9. The number of amides is 1. The molecular weight excluding hydrogens is 252 g/mol. The molecule has 3 aliphatic rings. The van der Waals surface area contributed by atoms with Gasteiger partial charge in [0.1, 0.15) is 5.60 Å². The van der Waals surface area contributed by atoms with Crippen molar-refractivity contribution in [2.75, 3.05) is 13.1 Å². The molecule has 1 aliphatic heterocycles. The van der Waals surface area contributed by atoms with Gasteiger partial charge in [-0.3, -0.25) is 0 Å². The number of likely N-dealkylation sites (tertiary alicyclic amines) is 1. The van der Waals surface area contributed by atoms with Crippen molar-refractivity contribution in [1.82, 2.24) is 10.2 Å². The fourth-order valence-corrected chi connectivity index (χ4v) is 3.60. The van der Waals surface area contributed by atoms with Crippen molar-refractivity contribution in [3.63, 3.8) is 0 Å². The molecule has 4 nitrogen and oxygen atoms in total. The van der Waals surface area contributed by atoms with Crippen molar-refractivity contribution in [3.05, 3.63) is 12.2 Å². The fourth-order valence-electron chi connectivity index (χ4n) is 3.60. The molecule has 4 heteroatoms. The van der Waals surface area contributed by atoms with Crippen LogP contribution in [0.4, 0.5) is 4.79 Å². The lowest BCUT2D eigenvalue weighted by molar-refractivity contribution is 0.0287. The van der Waals surface area contributed by atoms with E-state index in [1.807, 2.05) is 25.7 Å². The summed E-state index contributed by atoms with van der Waals surface area (Å²) in [7, 11) is 0. The van der Waals surface area contributed by atoms with E-state index in [0.29, 0.717) is 12.1 Å². The fraction of sp³-hybridized carbons (Fsp3) is 0.812. The normalized spacial score (nSPS) is 35.9. The van der Waals surface area contributed by atoms with Crippen LogP contribution in [0.5, 0.6) is 0 Å². The number of nitrogens with zero attached hydrogens (tertiary/aromatic N) is 1. The topological polar surface area (TPSA) is 41.6 Å². The molecule has 0 aromatic rings. The molecule has 0 spiro atoms. The third kappa shape index (κ3) is 2.85. The molecule has 0 aromatic carbocycles. The summed E-state index contributed by atoms with van der Waals surface area (Å²) in [5, 5.41) is 3.73. The number of carbonyl (C=O) groups excluding carboxylic acids is 1. The molecule has 2 fully saturated rings. The molecule has 0 radical (unpaired) electrons.